The Kier molecular flexibility index (Phi) is 4.27. The van der Waals surface area contributed by atoms with Gasteiger partial charge in [0.15, 0.2) is 0 Å². The zero-order valence-corrected chi connectivity index (χ0v) is 13.4. The number of anilines is 1. The molecule has 1 aromatic rings. The molecule has 6 nitrogen and oxygen atoms in total. The zero-order chi connectivity index (χ0) is 15.6. The van der Waals surface area contributed by atoms with E-state index in [1.165, 1.54) is 5.69 Å². The number of H-pyrrole nitrogens is 1. The van der Waals surface area contributed by atoms with Gasteiger partial charge in [0.25, 0.3) is 0 Å². The summed E-state index contributed by atoms with van der Waals surface area (Å²) in [5, 5.41) is 13.4. The first-order valence-electron chi connectivity index (χ1n) is 8.30. The molecule has 22 heavy (non-hydrogen) atoms. The summed E-state index contributed by atoms with van der Waals surface area (Å²) in [7, 11) is 1.87. The van der Waals surface area contributed by atoms with Gasteiger partial charge in [0, 0.05) is 30.3 Å². The topological polar surface area (TPSA) is 79.0 Å². The molecule has 122 valence electrons. The van der Waals surface area contributed by atoms with Crippen molar-refractivity contribution < 1.29 is 9.53 Å². The third kappa shape index (κ3) is 3.72. The average Bonchev–Trinajstić information content (AvgIpc) is 3.09. The molecule has 3 rings (SSSR count). The smallest absolute Gasteiger partial charge is 0.407 e. The predicted octanol–water partition coefficient (Wildman–Crippen LogP) is 3.15. The number of alkyl carbamates (subject to hydrolysis) is 1. The molecule has 1 amide bonds. The molecule has 1 aromatic heterocycles. The number of hydrogen-bond acceptors (Lipinski definition) is 4. The van der Waals surface area contributed by atoms with Crippen molar-refractivity contribution in [1.29, 1.82) is 0 Å². The second-order valence-corrected chi connectivity index (χ2v) is 6.88. The number of rotatable bonds is 4. The Morgan fingerprint density at radius 1 is 1.36 bits per heavy atom. The van der Waals surface area contributed by atoms with Crippen LogP contribution < -0.4 is 10.6 Å². The number of nitrogens with zero attached hydrogens (tertiary/aromatic N) is 1. The van der Waals surface area contributed by atoms with Gasteiger partial charge in [0.2, 0.25) is 0 Å². The Morgan fingerprint density at radius 2 is 2.18 bits per heavy atom. The Bertz CT molecular complexity index is 524. The number of aromatic nitrogens is 2. The summed E-state index contributed by atoms with van der Waals surface area (Å²) in [6, 6.07) is 2.08. The highest BCUT2D eigenvalue weighted by Gasteiger charge is 2.39. The van der Waals surface area contributed by atoms with Crippen LogP contribution in [-0.4, -0.2) is 35.0 Å². The minimum atomic E-state index is -0.248. The fourth-order valence-electron chi connectivity index (χ4n) is 3.11. The molecule has 2 saturated carbocycles. The number of carbonyl (C=O) groups is 1. The van der Waals surface area contributed by atoms with Crippen LogP contribution >= 0.6 is 0 Å². The van der Waals surface area contributed by atoms with Gasteiger partial charge in [-0.05, 0) is 51.9 Å². The first kappa shape index (κ1) is 15.2. The molecule has 1 heterocycles. The summed E-state index contributed by atoms with van der Waals surface area (Å²) >= 11 is 0. The number of nitrogens with one attached hydrogen (secondary N) is 3. The van der Waals surface area contributed by atoms with E-state index in [2.05, 4.69) is 33.8 Å². The van der Waals surface area contributed by atoms with E-state index in [1.54, 1.807) is 0 Å². The third-order valence-corrected chi connectivity index (χ3v) is 4.89. The summed E-state index contributed by atoms with van der Waals surface area (Å²) in [4.78, 5) is 11.9. The lowest BCUT2D eigenvalue weighted by Crippen LogP contribution is -2.36. The van der Waals surface area contributed by atoms with Crippen LogP contribution in [0.3, 0.4) is 0 Å². The lowest BCUT2D eigenvalue weighted by Gasteiger charge is -2.18. The van der Waals surface area contributed by atoms with Gasteiger partial charge in [-0.1, -0.05) is 0 Å². The van der Waals surface area contributed by atoms with Crippen molar-refractivity contribution in [2.75, 3.05) is 12.4 Å². The normalized spacial score (nSPS) is 26.8. The van der Waals surface area contributed by atoms with Crippen molar-refractivity contribution in [3.8, 4) is 0 Å². The van der Waals surface area contributed by atoms with Crippen LogP contribution in [0, 0.1) is 0 Å². The van der Waals surface area contributed by atoms with Crippen molar-refractivity contribution >= 4 is 11.9 Å². The molecule has 2 unspecified atom stereocenters. The summed E-state index contributed by atoms with van der Waals surface area (Å²) in [5.41, 5.74) is 1.17. The highest BCUT2D eigenvalue weighted by atomic mass is 16.6. The molecular formula is C16H26N4O2. The highest BCUT2D eigenvalue weighted by molar-refractivity contribution is 5.69. The van der Waals surface area contributed by atoms with Gasteiger partial charge < -0.3 is 15.4 Å². The van der Waals surface area contributed by atoms with Gasteiger partial charge in [0.05, 0.1) is 0 Å². The molecule has 2 fully saturated rings. The van der Waals surface area contributed by atoms with E-state index in [0.717, 1.165) is 50.8 Å². The summed E-state index contributed by atoms with van der Waals surface area (Å²) in [6.45, 7) is 2.06. The summed E-state index contributed by atoms with van der Waals surface area (Å²) in [5.74, 6) is 1.36. The quantitative estimate of drug-likeness (QED) is 0.747. The molecule has 6 heteroatoms. The van der Waals surface area contributed by atoms with E-state index in [-0.39, 0.29) is 17.7 Å². The lowest BCUT2D eigenvalue weighted by atomic mass is 9.97. The molecule has 2 aliphatic rings. The molecule has 0 aromatic carbocycles. The van der Waals surface area contributed by atoms with Crippen LogP contribution in [0.15, 0.2) is 6.07 Å². The largest absolute Gasteiger partial charge is 0.446 e. The molecule has 0 spiro atoms. The Labute approximate surface area is 131 Å². The zero-order valence-electron chi connectivity index (χ0n) is 13.4. The van der Waals surface area contributed by atoms with Crippen molar-refractivity contribution in [2.45, 2.75) is 69.4 Å². The van der Waals surface area contributed by atoms with Crippen LogP contribution in [-0.2, 0) is 4.74 Å². The second kappa shape index (κ2) is 6.18. The Morgan fingerprint density at radius 3 is 2.86 bits per heavy atom. The monoisotopic (exact) mass is 306 g/mol. The van der Waals surface area contributed by atoms with Crippen molar-refractivity contribution in [2.24, 2.45) is 0 Å². The summed E-state index contributed by atoms with van der Waals surface area (Å²) < 4.78 is 5.61. The lowest BCUT2D eigenvalue weighted by molar-refractivity contribution is 0.0854. The molecule has 2 aliphatic carbocycles. The molecular weight excluding hydrogens is 280 g/mol. The Hall–Kier alpha value is -1.72. The molecule has 0 aliphatic heterocycles. The van der Waals surface area contributed by atoms with Crippen molar-refractivity contribution in [3.63, 3.8) is 0 Å². The van der Waals surface area contributed by atoms with Crippen LogP contribution in [0.2, 0.25) is 0 Å². The van der Waals surface area contributed by atoms with Gasteiger partial charge in [-0.3, -0.25) is 5.10 Å². The number of ether oxygens (including phenoxy) is 1. The van der Waals surface area contributed by atoms with E-state index < -0.39 is 0 Å². The van der Waals surface area contributed by atoms with Crippen LogP contribution in [0.1, 0.15) is 63.5 Å². The number of hydrogen-bond donors (Lipinski definition) is 3. The average molecular weight is 306 g/mol. The van der Waals surface area contributed by atoms with E-state index in [1.807, 2.05) is 7.05 Å². The number of amides is 1. The van der Waals surface area contributed by atoms with Crippen LogP contribution in [0.25, 0.3) is 0 Å². The minimum absolute atomic E-state index is 0.0101. The SMILES string of the molecule is CNc1cc(C2CCCC(OC(=O)NC3(C)CC3)CC2)[nH]n1. The highest BCUT2D eigenvalue weighted by Crippen LogP contribution is 2.35. The van der Waals surface area contributed by atoms with E-state index in [0.29, 0.717) is 5.92 Å². The van der Waals surface area contributed by atoms with Crippen molar-refractivity contribution in [3.05, 3.63) is 11.8 Å². The standard InChI is InChI=1S/C16H26N4O2/c1-16(8-9-16)18-15(21)22-12-5-3-4-11(6-7-12)13-10-14(17-2)20-19-13/h10-12H,3-9H2,1-2H3,(H,18,21)(H2,17,19,20). The van der Waals surface area contributed by atoms with Gasteiger partial charge >= 0.3 is 6.09 Å². The third-order valence-electron chi connectivity index (χ3n) is 4.89. The maximum atomic E-state index is 11.9. The molecule has 0 bridgehead atoms. The van der Waals surface area contributed by atoms with E-state index >= 15 is 0 Å². The maximum Gasteiger partial charge on any atom is 0.407 e. The molecule has 3 N–H and O–H groups in total. The minimum Gasteiger partial charge on any atom is -0.446 e. The fourth-order valence-corrected chi connectivity index (χ4v) is 3.11. The maximum absolute atomic E-state index is 11.9. The van der Waals surface area contributed by atoms with Gasteiger partial charge in [-0.15, -0.1) is 0 Å². The van der Waals surface area contributed by atoms with E-state index in [4.69, 9.17) is 4.74 Å². The summed E-state index contributed by atoms with van der Waals surface area (Å²) in [6.07, 6.45) is 7.00. The second-order valence-electron chi connectivity index (χ2n) is 6.88. The predicted molar refractivity (Wildman–Crippen MR) is 85.0 cm³/mol. The van der Waals surface area contributed by atoms with Crippen LogP contribution in [0.5, 0.6) is 0 Å². The first-order chi connectivity index (χ1) is 10.6. The molecule has 0 saturated heterocycles. The van der Waals surface area contributed by atoms with E-state index in [9.17, 15) is 4.79 Å². The Balaban J connectivity index is 1.50. The van der Waals surface area contributed by atoms with Gasteiger partial charge in [-0.25, -0.2) is 4.79 Å². The molecule has 2 atom stereocenters. The number of aromatic amines is 1. The van der Waals surface area contributed by atoms with Crippen LogP contribution in [0.4, 0.5) is 10.6 Å². The fraction of sp³-hybridized carbons (Fsp3) is 0.750. The van der Waals surface area contributed by atoms with Gasteiger partial charge in [-0.2, -0.15) is 5.10 Å². The first-order valence-corrected chi connectivity index (χ1v) is 8.30. The van der Waals surface area contributed by atoms with Crippen molar-refractivity contribution in [1.82, 2.24) is 15.5 Å². The molecule has 0 radical (unpaired) electrons. The van der Waals surface area contributed by atoms with Gasteiger partial charge in [0.1, 0.15) is 11.9 Å². The number of carbonyl (C=O) groups excluding carboxylic acids is 1.